The zero-order valence-corrected chi connectivity index (χ0v) is 8.44. The Kier molecular flexibility index (Phi) is 2.98. The third kappa shape index (κ3) is 1.48. The highest BCUT2D eigenvalue weighted by atomic mass is 16.6. The highest BCUT2D eigenvalue weighted by Crippen LogP contribution is 2.29. The van der Waals surface area contributed by atoms with Crippen molar-refractivity contribution in [2.75, 3.05) is 27.3 Å². The lowest BCUT2D eigenvalue weighted by molar-refractivity contribution is -0.199. The standard InChI is InChI=1S/C8H13NO6/c1-14-5(10)7(12)3-9-4-8(7,13)6(11)15-2/h9,12-13H,3-4H2,1-2H3/t7-,8+. The van der Waals surface area contributed by atoms with Gasteiger partial charge in [0.15, 0.2) is 0 Å². The van der Waals surface area contributed by atoms with Crippen molar-refractivity contribution in [3.05, 3.63) is 0 Å². The largest absolute Gasteiger partial charge is 0.467 e. The van der Waals surface area contributed by atoms with Crippen LogP contribution in [0.2, 0.25) is 0 Å². The molecule has 1 aliphatic heterocycles. The maximum Gasteiger partial charge on any atom is 0.343 e. The summed E-state index contributed by atoms with van der Waals surface area (Å²) in [5, 5.41) is 22.3. The van der Waals surface area contributed by atoms with Gasteiger partial charge in [-0.25, -0.2) is 9.59 Å². The molecule has 0 aromatic carbocycles. The Labute approximate surface area is 86.0 Å². The van der Waals surface area contributed by atoms with E-state index in [9.17, 15) is 19.8 Å². The molecule has 7 nitrogen and oxygen atoms in total. The van der Waals surface area contributed by atoms with Crippen LogP contribution >= 0.6 is 0 Å². The van der Waals surface area contributed by atoms with Crippen LogP contribution in [0.25, 0.3) is 0 Å². The van der Waals surface area contributed by atoms with Gasteiger partial charge in [-0.15, -0.1) is 0 Å². The van der Waals surface area contributed by atoms with Crippen LogP contribution in [0.4, 0.5) is 0 Å². The van der Waals surface area contributed by atoms with Gasteiger partial charge in [0.05, 0.1) is 14.2 Å². The first kappa shape index (κ1) is 11.9. The molecule has 7 heteroatoms. The van der Waals surface area contributed by atoms with E-state index in [2.05, 4.69) is 14.8 Å². The first-order valence-corrected chi connectivity index (χ1v) is 4.24. The maximum absolute atomic E-state index is 11.3. The third-order valence-corrected chi connectivity index (χ3v) is 2.49. The summed E-state index contributed by atoms with van der Waals surface area (Å²) < 4.78 is 8.66. The van der Waals surface area contributed by atoms with E-state index in [0.29, 0.717) is 0 Å². The summed E-state index contributed by atoms with van der Waals surface area (Å²) in [4.78, 5) is 22.6. The van der Waals surface area contributed by atoms with Crippen molar-refractivity contribution in [3.8, 4) is 0 Å². The topological polar surface area (TPSA) is 105 Å². The van der Waals surface area contributed by atoms with E-state index < -0.39 is 23.1 Å². The predicted octanol–water partition coefficient (Wildman–Crippen LogP) is -2.60. The van der Waals surface area contributed by atoms with E-state index in [1.54, 1.807) is 0 Å². The second kappa shape index (κ2) is 3.76. The first-order chi connectivity index (χ1) is 6.92. The normalized spacial score (nSPS) is 34.9. The molecule has 0 aromatic heterocycles. The van der Waals surface area contributed by atoms with Gasteiger partial charge in [0, 0.05) is 13.1 Å². The van der Waals surface area contributed by atoms with Gasteiger partial charge in [0.25, 0.3) is 0 Å². The number of carbonyl (C=O) groups excluding carboxylic acids is 2. The molecule has 15 heavy (non-hydrogen) atoms. The van der Waals surface area contributed by atoms with Gasteiger partial charge in [-0.3, -0.25) is 0 Å². The average molecular weight is 219 g/mol. The van der Waals surface area contributed by atoms with Crippen LogP contribution in [-0.2, 0) is 19.1 Å². The van der Waals surface area contributed by atoms with Crippen LogP contribution in [0.1, 0.15) is 0 Å². The third-order valence-electron chi connectivity index (χ3n) is 2.49. The van der Waals surface area contributed by atoms with Crippen molar-refractivity contribution in [1.29, 1.82) is 0 Å². The monoisotopic (exact) mass is 219 g/mol. The number of methoxy groups -OCH3 is 2. The van der Waals surface area contributed by atoms with Gasteiger partial charge >= 0.3 is 11.9 Å². The van der Waals surface area contributed by atoms with Gasteiger partial charge in [-0.1, -0.05) is 0 Å². The van der Waals surface area contributed by atoms with E-state index >= 15 is 0 Å². The van der Waals surface area contributed by atoms with Crippen LogP contribution in [-0.4, -0.2) is 60.7 Å². The van der Waals surface area contributed by atoms with E-state index in [0.717, 1.165) is 14.2 Å². The molecule has 1 saturated heterocycles. The molecule has 1 rings (SSSR count). The fourth-order valence-corrected chi connectivity index (χ4v) is 1.54. The fraction of sp³-hybridized carbons (Fsp3) is 0.750. The summed E-state index contributed by atoms with van der Waals surface area (Å²) in [6, 6.07) is 0. The second-order valence-corrected chi connectivity index (χ2v) is 3.31. The molecule has 3 N–H and O–H groups in total. The number of β-amino-alcohol motifs (C(OH)–C–C–N with tert-alkyl or cyclic N) is 2. The lowest BCUT2D eigenvalue weighted by Crippen LogP contribution is -2.63. The van der Waals surface area contributed by atoms with Crippen molar-refractivity contribution in [2.24, 2.45) is 0 Å². The Morgan fingerprint density at radius 2 is 1.40 bits per heavy atom. The number of carbonyl (C=O) groups is 2. The number of hydrogen-bond donors (Lipinski definition) is 3. The lowest BCUT2D eigenvalue weighted by Gasteiger charge is -2.31. The number of hydrogen-bond acceptors (Lipinski definition) is 7. The average Bonchev–Trinajstić information content (AvgIpc) is 2.55. The number of rotatable bonds is 2. The number of esters is 2. The summed E-state index contributed by atoms with van der Waals surface area (Å²) in [6.07, 6.45) is 0. The summed E-state index contributed by atoms with van der Waals surface area (Å²) in [6.45, 7) is -0.545. The molecule has 0 bridgehead atoms. The molecular weight excluding hydrogens is 206 g/mol. The van der Waals surface area contributed by atoms with Gasteiger partial charge in [-0.2, -0.15) is 0 Å². The maximum atomic E-state index is 11.3. The molecule has 0 radical (unpaired) electrons. The Hall–Kier alpha value is -1.18. The molecule has 0 aromatic rings. The minimum absolute atomic E-state index is 0.273. The Morgan fingerprint density at radius 3 is 1.67 bits per heavy atom. The number of ether oxygens (including phenoxy) is 2. The minimum Gasteiger partial charge on any atom is -0.467 e. The van der Waals surface area contributed by atoms with Crippen LogP contribution in [0.15, 0.2) is 0 Å². The molecule has 1 fully saturated rings. The molecular formula is C8H13NO6. The number of aliphatic hydroxyl groups is 2. The molecule has 0 aliphatic carbocycles. The van der Waals surface area contributed by atoms with Gasteiger partial charge in [0.2, 0.25) is 11.2 Å². The SMILES string of the molecule is COC(=O)[C@]1(O)CNC[C@]1(O)C(=O)OC. The summed E-state index contributed by atoms with van der Waals surface area (Å²) in [5.41, 5.74) is -4.62. The molecule has 0 amide bonds. The van der Waals surface area contributed by atoms with Crippen molar-refractivity contribution >= 4 is 11.9 Å². The van der Waals surface area contributed by atoms with Crippen molar-refractivity contribution in [3.63, 3.8) is 0 Å². The summed E-state index contributed by atoms with van der Waals surface area (Å²) in [5.74, 6) is -2.17. The molecule has 0 unspecified atom stereocenters. The van der Waals surface area contributed by atoms with Gasteiger partial charge in [-0.05, 0) is 0 Å². The fourth-order valence-electron chi connectivity index (χ4n) is 1.54. The van der Waals surface area contributed by atoms with E-state index in [4.69, 9.17) is 0 Å². The minimum atomic E-state index is -2.31. The van der Waals surface area contributed by atoms with Gasteiger partial charge < -0.3 is 25.0 Å². The predicted molar refractivity (Wildman–Crippen MR) is 46.8 cm³/mol. The Morgan fingerprint density at radius 1 is 1.07 bits per heavy atom. The lowest BCUT2D eigenvalue weighted by atomic mass is 9.86. The van der Waals surface area contributed by atoms with E-state index in [1.165, 1.54) is 0 Å². The van der Waals surface area contributed by atoms with E-state index in [1.807, 2.05) is 0 Å². The number of nitrogens with one attached hydrogen (secondary N) is 1. The van der Waals surface area contributed by atoms with Gasteiger partial charge in [0.1, 0.15) is 0 Å². The zero-order valence-electron chi connectivity index (χ0n) is 8.44. The quantitative estimate of drug-likeness (QED) is 0.437. The molecule has 1 heterocycles. The van der Waals surface area contributed by atoms with Crippen LogP contribution in [0.5, 0.6) is 0 Å². The van der Waals surface area contributed by atoms with Crippen molar-refractivity contribution in [1.82, 2.24) is 5.32 Å². The van der Waals surface area contributed by atoms with Crippen LogP contribution < -0.4 is 5.32 Å². The smallest absolute Gasteiger partial charge is 0.343 e. The molecule has 0 saturated carbocycles. The van der Waals surface area contributed by atoms with Crippen molar-refractivity contribution in [2.45, 2.75) is 11.2 Å². The highest BCUT2D eigenvalue weighted by Gasteiger charge is 2.64. The second-order valence-electron chi connectivity index (χ2n) is 3.31. The van der Waals surface area contributed by atoms with Crippen molar-refractivity contribution < 1.29 is 29.3 Å². The zero-order chi connectivity index (χ0) is 11.7. The Bertz CT molecular complexity index is 265. The Balaban J connectivity index is 3.08. The summed E-state index contributed by atoms with van der Waals surface area (Å²) in [7, 11) is 2.10. The molecule has 2 atom stereocenters. The molecule has 1 aliphatic rings. The highest BCUT2D eigenvalue weighted by molar-refractivity contribution is 5.93. The summed E-state index contributed by atoms with van der Waals surface area (Å²) >= 11 is 0. The molecule has 0 spiro atoms. The first-order valence-electron chi connectivity index (χ1n) is 4.24. The van der Waals surface area contributed by atoms with Crippen LogP contribution in [0, 0.1) is 0 Å². The van der Waals surface area contributed by atoms with Crippen LogP contribution in [0.3, 0.4) is 0 Å². The van der Waals surface area contributed by atoms with E-state index in [-0.39, 0.29) is 13.1 Å². The molecule has 86 valence electrons.